The number of para-hydroxylation sites is 1. The number of rotatable bonds is 11. The fourth-order valence-electron chi connectivity index (χ4n) is 3.08. The van der Waals surface area contributed by atoms with E-state index in [-0.39, 0.29) is 6.61 Å². The molecule has 2 aromatic carbocycles. The number of ether oxygens (including phenoxy) is 2. The number of aliphatic hydroxyl groups is 1. The normalized spacial score (nSPS) is 12.0. The molecule has 0 aliphatic rings. The summed E-state index contributed by atoms with van der Waals surface area (Å²) in [6.07, 6.45) is 1.64. The Morgan fingerprint density at radius 2 is 1.97 bits per heavy atom. The van der Waals surface area contributed by atoms with Crippen LogP contribution in [0.3, 0.4) is 0 Å². The molecule has 3 rings (SSSR count). The molecule has 152 valence electrons. The summed E-state index contributed by atoms with van der Waals surface area (Å²) in [4.78, 5) is 13.2. The van der Waals surface area contributed by atoms with Crippen molar-refractivity contribution in [3.05, 3.63) is 83.8 Å². The molecule has 1 atom stereocenters. The van der Waals surface area contributed by atoms with E-state index >= 15 is 0 Å². The van der Waals surface area contributed by atoms with E-state index in [0.29, 0.717) is 30.9 Å². The number of benzene rings is 2. The maximum absolute atomic E-state index is 11.1. The Morgan fingerprint density at radius 3 is 2.72 bits per heavy atom. The van der Waals surface area contributed by atoms with Crippen molar-refractivity contribution in [1.82, 2.24) is 4.90 Å². The number of aliphatic hydroxyl groups excluding tert-OH is 1. The fourth-order valence-corrected chi connectivity index (χ4v) is 3.08. The van der Waals surface area contributed by atoms with Crippen LogP contribution in [0.5, 0.6) is 11.5 Å². The second-order valence-electron chi connectivity index (χ2n) is 6.72. The summed E-state index contributed by atoms with van der Waals surface area (Å²) < 4.78 is 16.4. The van der Waals surface area contributed by atoms with Gasteiger partial charge in [0.1, 0.15) is 30.0 Å². The molecule has 0 fully saturated rings. The molecular formula is C23H25NO5. The van der Waals surface area contributed by atoms with Gasteiger partial charge in [0.2, 0.25) is 0 Å². The van der Waals surface area contributed by atoms with Gasteiger partial charge in [-0.1, -0.05) is 24.3 Å². The number of carbonyl (C=O) groups is 1. The Balaban J connectivity index is 1.64. The zero-order valence-electron chi connectivity index (χ0n) is 16.4. The second-order valence-corrected chi connectivity index (χ2v) is 6.72. The molecule has 0 aliphatic heterocycles. The van der Waals surface area contributed by atoms with Gasteiger partial charge >= 0.3 is 0 Å². The number of methoxy groups -OCH3 is 1. The minimum absolute atomic E-state index is 0.0810. The fraction of sp³-hybridized carbons (Fsp3) is 0.261. The van der Waals surface area contributed by atoms with Crippen molar-refractivity contribution in [3.63, 3.8) is 0 Å². The number of nitrogens with zero attached hydrogens (tertiary/aromatic N) is 1. The molecule has 0 spiro atoms. The number of hydrogen-bond acceptors (Lipinski definition) is 6. The first-order valence-corrected chi connectivity index (χ1v) is 9.40. The lowest BCUT2D eigenvalue weighted by Crippen LogP contribution is -2.35. The molecule has 0 saturated carbocycles. The van der Waals surface area contributed by atoms with Crippen LogP contribution in [0, 0.1) is 0 Å². The van der Waals surface area contributed by atoms with E-state index in [0.717, 1.165) is 23.4 Å². The third-order valence-electron chi connectivity index (χ3n) is 4.45. The summed E-state index contributed by atoms with van der Waals surface area (Å²) in [5, 5.41) is 10.5. The van der Waals surface area contributed by atoms with E-state index in [1.54, 1.807) is 37.6 Å². The summed E-state index contributed by atoms with van der Waals surface area (Å²) in [6, 6.07) is 18.5. The topological polar surface area (TPSA) is 72.1 Å². The van der Waals surface area contributed by atoms with Gasteiger partial charge in [0.15, 0.2) is 6.29 Å². The van der Waals surface area contributed by atoms with Crippen LogP contribution in [0.1, 0.15) is 21.7 Å². The first-order chi connectivity index (χ1) is 14.2. The summed E-state index contributed by atoms with van der Waals surface area (Å²) in [6.45, 7) is 1.62. The zero-order chi connectivity index (χ0) is 20.5. The zero-order valence-corrected chi connectivity index (χ0v) is 16.4. The minimum atomic E-state index is -0.740. The van der Waals surface area contributed by atoms with E-state index in [2.05, 4.69) is 4.90 Å². The highest BCUT2D eigenvalue weighted by Gasteiger charge is 2.16. The number of furan rings is 1. The van der Waals surface area contributed by atoms with Gasteiger partial charge in [-0.15, -0.1) is 0 Å². The van der Waals surface area contributed by atoms with Gasteiger partial charge in [-0.3, -0.25) is 9.69 Å². The molecule has 0 aliphatic carbocycles. The van der Waals surface area contributed by atoms with Gasteiger partial charge in [-0.2, -0.15) is 0 Å². The molecule has 1 heterocycles. The molecular weight excluding hydrogens is 370 g/mol. The lowest BCUT2D eigenvalue weighted by Gasteiger charge is -2.24. The van der Waals surface area contributed by atoms with Crippen molar-refractivity contribution in [1.29, 1.82) is 0 Å². The van der Waals surface area contributed by atoms with Gasteiger partial charge in [0.05, 0.1) is 25.5 Å². The molecule has 0 amide bonds. The molecule has 0 saturated heterocycles. The van der Waals surface area contributed by atoms with Crippen LogP contribution in [0.15, 0.2) is 71.3 Å². The smallest absolute Gasteiger partial charge is 0.153 e. The first-order valence-electron chi connectivity index (χ1n) is 9.40. The van der Waals surface area contributed by atoms with Gasteiger partial charge in [0.25, 0.3) is 0 Å². The highest BCUT2D eigenvalue weighted by Crippen LogP contribution is 2.18. The summed E-state index contributed by atoms with van der Waals surface area (Å²) in [5.41, 5.74) is 1.53. The number of carbonyl (C=O) groups excluding carboxylic acids is 1. The third-order valence-corrected chi connectivity index (χ3v) is 4.45. The van der Waals surface area contributed by atoms with E-state index in [1.165, 1.54) is 0 Å². The van der Waals surface area contributed by atoms with Crippen molar-refractivity contribution in [2.45, 2.75) is 19.2 Å². The van der Waals surface area contributed by atoms with Gasteiger partial charge in [0, 0.05) is 13.1 Å². The summed E-state index contributed by atoms with van der Waals surface area (Å²) in [5.74, 6) is 2.06. The molecule has 0 radical (unpaired) electrons. The van der Waals surface area contributed by atoms with E-state index in [9.17, 15) is 9.90 Å². The molecule has 29 heavy (non-hydrogen) atoms. The molecule has 0 bridgehead atoms. The average Bonchev–Trinajstić information content (AvgIpc) is 3.25. The van der Waals surface area contributed by atoms with Crippen LogP contribution in [0.4, 0.5) is 0 Å². The first kappa shape index (κ1) is 20.6. The van der Waals surface area contributed by atoms with E-state index in [4.69, 9.17) is 13.9 Å². The summed E-state index contributed by atoms with van der Waals surface area (Å²) >= 11 is 0. The van der Waals surface area contributed by atoms with Crippen LogP contribution < -0.4 is 9.47 Å². The van der Waals surface area contributed by atoms with Crippen molar-refractivity contribution in [3.8, 4) is 11.5 Å². The minimum Gasteiger partial charge on any atom is -0.497 e. The Kier molecular flexibility index (Phi) is 7.44. The van der Waals surface area contributed by atoms with Gasteiger partial charge < -0.3 is 19.0 Å². The molecule has 1 aromatic heterocycles. The highest BCUT2D eigenvalue weighted by molar-refractivity contribution is 5.79. The molecule has 6 nitrogen and oxygen atoms in total. The maximum atomic E-state index is 11.1. The van der Waals surface area contributed by atoms with E-state index < -0.39 is 6.10 Å². The average molecular weight is 395 g/mol. The van der Waals surface area contributed by atoms with Gasteiger partial charge in [-0.25, -0.2) is 0 Å². The maximum Gasteiger partial charge on any atom is 0.153 e. The van der Waals surface area contributed by atoms with Crippen LogP contribution in [-0.2, 0) is 13.1 Å². The molecule has 6 heteroatoms. The van der Waals surface area contributed by atoms with Crippen molar-refractivity contribution in [2.24, 2.45) is 0 Å². The second kappa shape index (κ2) is 10.5. The Labute approximate surface area is 170 Å². The lowest BCUT2D eigenvalue weighted by molar-refractivity contribution is 0.0600. The van der Waals surface area contributed by atoms with E-state index in [1.807, 2.05) is 36.4 Å². The van der Waals surface area contributed by atoms with Crippen LogP contribution in [0.2, 0.25) is 0 Å². The monoisotopic (exact) mass is 395 g/mol. The Bertz CT molecular complexity index is 894. The molecule has 1 N–H and O–H groups in total. The quantitative estimate of drug-likeness (QED) is 0.501. The van der Waals surface area contributed by atoms with Gasteiger partial charge in [-0.05, 0) is 42.0 Å². The third kappa shape index (κ3) is 6.20. The number of hydrogen-bond donors (Lipinski definition) is 1. The van der Waals surface area contributed by atoms with Crippen LogP contribution in [0.25, 0.3) is 0 Å². The van der Waals surface area contributed by atoms with Crippen molar-refractivity contribution >= 4 is 6.29 Å². The standard InChI is InChI=1S/C23H25NO5/c1-27-21-8-4-6-18(12-21)13-24(15-22-9-5-11-28-22)14-20(26)17-29-23-10-3-2-7-19(23)16-25/h2-12,16,20,26H,13-15,17H2,1H3. The lowest BCUT2D eigenvalue weighted by atomic mass is 10.2. The number of aldehydes is 1. The SMILES string of the molecule is COc1cccc(CN(Cc2ccco2)CC(O)COc2ccccc2C=O)c1. The highest BCUT2D eigenvalue weighted by atomic mass is 16.5. The van der Waals surface area contributed by atoms with Crippen molar-refractivity contribution in [2.75, 3.05) is 20.3 Å². The predicted octanol–water partition coefficient (Wildman–Crippen LogP) is 3.54. The predicted molar refractivity (Wildman–Crippen MR) is 109 cm³/mol. The largest absolute Gasteiger partial charge is 0.497 e. The Hall–Kier alpha value is -3.09. The van der Waals surface area contributed by atoms with Crippen LogP contribution in [-0.4, -0.2) is 42.7 Å². The Morgan fingerprint density at radius 1 is 1.10 bits per heavy atom. The molecule has 1 unspecified atom stereocenters. The van der Waals surface area contributed by atoms with Crippen molar-refractivity contribution < 1.29 is 23.8 Å². The van der Waals surface area contributed by atoms with Crippen LogP contribution >= 0.6 is 0 Å². The molecule has 3 aromatic rings. The summed E-state index contributed by atoms with van der Waals surface area (Å²) in [7, 11) is 1.64.